The maximum absolute atomic E-state index is 6.81. The first-order valence-corrected chi connectivity index (χ1v) is 16.8. The molecule has 0 atom stereocenters. The summed E-state index contributed by atoms with van der Waals surface area (Å²) in [5, 5.41) is 2.58. The van der Waals surface area contributed by atoms with Gasteiger partial charge in [0.25, 0.3) is 0 Å². The van der Waals surface area contributed by atoms with Gasteiger partial charge in [-0.15, -0.1) is 11.8 Å². The second kappa shape index (κ2) is 13.4. The Morgan fingerprint density at radius 3 is 1.76 bits per heavy atom. The Kier molecular flexibility index (Phi) is 8.54. The molecule has 2 N–H and O–H groups in total. The fourth-order valence-electron chi connectivity index (χ4n) is 6.27. The summed E-state index contributed by atoms with van der Waals surface area (Å²) in [6.07, 6.45) is 4.34. The molecule has 7 aromatic rings. The molecule has 0 aliphatic carbocycles. The summed E-state index contributed by atoms with van der Waals surface area (Å²) < 4.78 is 0. The van der Waals surface area contributed by atoms with Gasteiger partial charge in [-0.3, -0.25) is 0 Å². The Balaban J connectivity index is 1.18. The molecule has 0 saturated carbocycles. The minimum absolute atomic E-state index is 0.0685. The summed E-state index contributed by atoms with van der Waals surface area (Å²) in [6, 6.07) is 60.5. The molecule has 46 heavy (non-hydrogen) atoms. The van der Waals surface area contributed by atoms with Crippen molar-refractivity contribution < 1.29 is 0 Å². The van der Waals surface area contributed by atoms with Crippen molar-refractivity contribution in [1.82, 2.24) is 0 Å². The van der Waals surface area contributed by atoms with Crippen LogP contribution in [0.15, 0.2) is 181 Å². The van der Waals surface area contributed by atoms with Gasteiger partial charge in [0.15, 0.2) is 0 Å². The van der Waals surface area contributed by atoms with Crippen LogP contribution in [0, 0.1) is 0 Å². The van der Waals surface area contributed by atoms with Gasteiger partial charge in [0.2, 0.25) is 0 Å². The first-order valence-electron chi connectivity index (χ1n) is 15.6. The van der Waals surface area contributed by atoms with Crippen molar-refractivity contribution in [3.05, 3.63) is 193 Å². The molecule has 7 rings (SSSR count). The molecule has 1 nitrogen and oxygen atoms in total. The average Bonchev–Trinajstić information content (AvgIpc) is 3.14. The normalized spacial score (nSPS) is 11.7. The predicted octanol–water partition coefficient (Wildman–Crippen LogP) is 11.7. The summed E-state index contributed by atoms with van der Waals surface area (Å²) in [5.74, 6) is 0.0685. The highest BCUT2D eigenvalue weighted by molar-refractivity contribution is 7.99. The number of rotatable bonds is 8. The van der Waals surface area contributed by atoms with Crippen molar-refractivity contribution in [2.45, 2.75) is 10.8 Å². The van der Waals surface area contributed by atoms with Gasteiger partial charge in [-0.25, -0.2) is 0 Å². The minimum atomic E-state index is 0.0685. The molecule has 0 bridgehead atoms. The summed E-state index contributed by atoms with van der Waals surface area (Å²) >= 11 is 1.81. The molecule has 0 aromatic heterocycles. The molecule has 0 heterocycles. The van der Waals surface area contributed by atoms with Gasteiger partial charge < -0.3 is 5.73 Å². The Labute approximate surface area is 276 Å². The molecule has 0 radical (unpaired) electrons. The van der Waals surface area contributed by atoms with Crippen molar-refractivity contribution >= 4 is 28.2 Å². The maximum Gasteiger partial charge on any atom is 0.0356 e. The molecule has 0 unspecified atom stereocenters. The third-order valence-electron chi connectivity index (χ3n) is 8.67. The molecule has 0 aliphatic rings. The van der Waals surface area contributed by atoms with E-state index in [9.17, 15) is 0 Å². The Morgan fingerprint density at radius 1 is 0.522 bits per heavy atom. The summed E-state index contributed by atoms with van der Waals surface area (Å²) in [4.78, 5) is 1.32. The van der Waals surface area contributed by atoms with E-state index in [0.717, 1.165) is 22.4 Å². The van der Waals surface area contributed by atoms with E-state index in [2.05, 4.69) is 182 Å². The third kappa shape index (κ3) is 6.13. The number of nitrogens with two attached hydrogens (primary N) is 1. The molecule has 0 fully saturated rings. The van der Waals surface area contributed by atoms with Crippen LogP contribution in [0.4, 0.5) is 0 Å². The zero-order chi connectivity index (χ0) is 31.3. The number of fused-ring (bicyclic) bond motifs is 1. The van der Waals surface area contributed by atoms with Crippen LogP contribution in [0.1, 0.15) is 22.6 Å². The van der Waals surface area contributed by atoms with Crippen molar-refractivity contribution in [3.63, 3.8) is 0 Å². The van der Waals surface area contributed by atoms with E-state index in [1.54, 1.807) is 0 Å². The third-order valence-corrected chi connectivity index (χ3v) is 9.52. The monoisotopic (exact) mass is 609 g/mol. The highest BCUT2D eigenvalue weighted by atomic mass is 32.2. The lowest BCUT2D eigenvalue weighted by molar-refractivity contribution is 1.02. The van der Waals surface area contributed by atoms with Gasteiger partial charge in [-0.05, 0) is 85.3 Å². The predicted molar refractivity (Wildman–Crippen MR) is 199 cm³/mol. The van der Waals surface area contributed by atoms with Gasteiger partial charge >= 0.3 is 0 Å². The molecule has 0 aliphatic heterocycles. The topological polar surface area (TPSA) is 26.0 Å². The smallest absolute Gasteiger partial charge is 0.0356 e. The number of benzene rings is 7. The van der Waals surface area contributed by atoms with Crippen LogP contribution in [-0.4, -0.2) is 6.26 Å². The molecule has 222 valence electrons. The van der Waals surface area contributed by atoms with Crippen LogP contribution in [-0.2, 0) is 0 Å². The van der Waals surface area contributed by atoms with Crippen molar-refractivity contribution in [2.24, 2.45) is 5.73 Å². The molecular weight excluding hydrogens is 575 g/mol. The fraction of sp³-hybridized carbons (Fsp3) is 0.0455. The van der Waals surface area contributed by atoms with Crippen LogP contribution >= 0.6 is 11.8 Å². The molecular formula is C44H35NS. The second-order valence-electron chi connectivity index (χ2n) is 11.5. The quantitative estimate of drug-likeness (QED) is 0.173. The number of hydrogen-bond donors (Lipinski definition) is 1. The van der Waals surface area contributed by atoms with Gasteiger partial charge in [-0.1, -0.05) is 158 Å². The summed E-state index contributed by atoms with van der Waals surface area (Å²) in [6.45, 7) is 0. The minimum Gasteiger partial charge on any atom is -0.398 e. The standard InChI is InChI=1S/C44H35NS/c1-46-44-40-21-9-8-16-34(40)26-27-41(44)35-24-22-31(23-25-35)36-17-10-18-37(28-36)38-19-11-20-39(29-38)43(45)30-42(32-12-4-2-5-13-32)33-14-6-3-7-15-33/h2-30,42H,45H2,1H3/b43-30-. The number of thioether (sulfide) groups is 1. The molecule has 0 amide bonds. The maximum atomic E-state index is 6.81. The van der Waals surface area contributed by atoms with Gasteiger partial charge in [0.1, 0.15) is 0 Å². The number of allylic oxidation sites excluding steroid dienone is 1. The van der Waals surface area contributed by atoms with E-state index < -0.39 is 0 Å². The van der Waals surface area contributed by atoms with Crippen LogP contribution in [0.3, 0.4) is 0 Å². The van der Waals surface area contributed by atoms with E-state index in [-0.39, 0.29) is 5.92 Å². The van der Waals surface area contributed by atoms with Crippen LogP contribution in [0.25, 0.3) is 49.9 Å². The zero-order valence-electron chi connectivity index (χ0n) is 25.8. The SMILES string of the molecule is CSc1c(-c2ccc(-c3cccc(-c4cccc(/C(N)=C/C(c5ccccc5)c5ccccc5)c4)c3)cc2)ccc2ccccc12. The van der Waals surface area contributed by atoms with Gasteiger partial charge in [0, 0.05) is 16.5 Å². The Hall–Kier alpha value is -5.31. The van der Waals surface area contributed by atoms with Crippen LogP contribution in [0.2, 0.25) is 0 Å². The zero-order valence-corrected chi connectivity index (χ0v) is 26.6. The van der Waals surface area contributed by atoms with E-state index in [1.165, 1.54) is 49.0 Å². The van der Waals surface area contributed by atoms with E-state index in [0.29, 0.717) is 0 Å². The van der Waals surface area contributed by atoms with Crippen molar-refractivity contribution in [1.29, 1.82) is 0 Å². The molecule has 2 heteroatoms. The lowest BCUT2D eigenvalue weighted by Crippen LogP contribution is -2.03. The lowest BCUT2D eigenvalue weighted by Gasteiger charge is -2.16. The average molecular weight is 610 g/mol. The number of hydrogen-bond acceptors (Lipinski definition) is 2. The fourth-order valence-corrected chi connectivity index (χ4v) is 7.08. The summed E-state index contributed by atoms with van der Waals surface area (Å²) in [7, 11) is 0. The first-order chi connectivity index (χ1) is 22.7. The highest BCUT2D eigenvalue weighted by Crippen LogP contribution is 2.38. The van der Waals surface area contributed by atoms with Crippen LogP contribution in [0.5, 0.6) is 0 Å². The Bertz CT molecular complexity index is 2090. The van der Waals surface area contributed by atoms with Crippen molar-refractivity contribution in [3.8, 4) is 33.4 Å². The summed E-state index contributed by atoms with van der Waals surface area (Å²) in [5.41, 5.74) is 18.2. The molecule has 7 aromatic carbocycles. The van der Waals surface area contributed by atoms with E-state index in [1.807, 2.05) is 11.8 Å². The Morgan fingerprint density at radius 2 is 1.09 bits per heavy atom. The van der Waals surface area contributed by atoms with E-state index in [4.69, 9.17) is 5.73 Å². The molecule has 0 spiro atoms. The first kappa shape index (κ1) is 29.4. The van der Waals surface area contributed by atoms with Crippen LogP contribution < -0.4 is 5.73 Å². The lowest BCUT2D eigenvalue weighted by atomic mass is 9.89. The second-order valence-corrected chi connectivity index (χ2v) is 12.3. The van der Waals surface area contributed by atoms with E-state index >= 15 is 0 Å². The van der Waals surface area contributed by atoms with Crippen molar-refractivity contribution in [2.75, 3.05) is 6.26 Å². The molecule has 0 saturated heterocycles. The van der Waals surface area contributed by atoms with Gasteiger partial charge in [0.05, 0.1) is 0 Å². The highest BCUT2D eigenvalue weighted by Gasteiger charge is 2.14. The van der Waals surface area contributed by atoms with Gasteiger partial charge in [-0.2, -0.15) is 0 Å². The largest absolute Gasteiger partial charge is 0.398 e.